The number of carbonyl (C=O) groups is 1. The first kappa shape index (κ1) is 15.9. The predicted molar refractivity (Wildman–Crippen MR) is 59.9 cm³/mol. The van der Waals surface area contributed by atoms with E-state index in [2.05, 4.69) is 14.5 Å². The molecule has 19 heavy (non-hydrogen) atoms. The Morgan fingerprint density at radius 2 is 2.00 bits per heavy atom. The smallest absolute Gasteiger partial charge is 0.464 e. The van der Waals surface area contributed by atoms with Gasteiger partial charge in [-0.15, -0.1) is 13.2 Å². The maximum absolute atomic E-state index is 12.8. The second kappa shape index (κ2) is 5.84. The van der Waals surface area contributed by atoms with Gasteiger partial charge in [-0.25, -0.2) is 18.6 Å². The van der Waals surface area contributed by atoms with Crippen molar-refractivity contribution in [1.82, 2.24) is 4.98 Å². The molecule has 106 valence electrons. The molecular formula is C9H5F5INO3. The molecule has 1 aromatic rings. The van der Waals surface area contributed by atoms with E-state index < -0.39 is 39.3 Å². The number of aromatic nitrogens is 1. The summed E-state index contributed by atoms with van der Waals surface area (Å²) in [5.41, 5.74) is -1.72. The molecule has 0 amide bonds. The summed E-state index contributed by atoms with van der Waals surface area (Å²) in [6.45, 7) is 0. The van der Waals surface area contributed by atoms with Crippen LogP contribution in [-0.4, -0.2) is 24.4 Å². The van der Waals surface area contributed by atoms with Crippen LogP contribution < -0.4 is 4.74 Å². The van der Waals surface area contributed by atoms with Crippen molar-refractivity contribution in [3.05, 3.63) is 21.0 Å². The van der Waals surface area contributed by atoms with Crippen molar-refractivity contribution in [2.45, 2.75) is 12.8 Å². The van der Waals surface area contributed by atoms with Crippen LogP contribution in [0.25, 0.3) is 0 Å². The molecule has 4 nitrogen and oxygen atoms in total. The molecule has 0 aliphatic rings. The molecule has 0 atom stereocenters. The van der Waals surface area contributed by atoms with Crippen molar-refractivity contribution in [3.8, 4) is 5.75 Å². The van der Waals surface area contributed by atoms with E-state index in [-0.39, 0.29) is 0 Å². The van der Waals surface area contributed by atoms with Crippen molar-refractivity contribution in [2.75, 3.05) is 7.11 Å². The highest BCUT2D eigenvalue weighted by Gasteiger charge is 2.34. The van der Waals surface area contributed by atoms with Crippen LogP contribution >= 0.6 is 22.6 Å². The summed E-state index contributed by atoms with van der Waals surface area (Å²) in [5.74, 6) is -2.08. The van der Waals surface area contributed by atoms with E-state index in [1.165, 1.54) is 22.6 Å². The monoisotopic (exact) mass is 397 g/mol. The van der Waals surface area contributed by atoms with Gasteiger partial charge in [-0.05, 0) is 22.6 Å². The molecular weight excluding hydrogens is 392 g/mol. The van der Waals surface area contributed by atoms with Crippen LogP contribution in [0, 0.1) is 3.57 Å². The molecule has 0 unspecified atom stereocenters. The average Bonchev–Trinajstić information content (AvgIpc) is 2.28. The quantitative estimate of drug-likeness (QED) is 0.446. The van der Waals surface area contributed by atoms with Gasteiger partial charge in [0.1, 0.15) is 0 Å². The van der Waals surface area contributed by atoms with Crippen LogP contribution in [0.1, 0.15) is 22.5 Å². The number of methoxy groups -OCH3 is 1. The van der Waals surface area contributed by atoms with E-state index in [1.807, 2.05) is 0 Å². The fourth-order valence-electron chi connectivity index (χ4n) is 1.14. The summed E-state index contributed by atoms with van der Waals surface area (Å²) in [5, 5.41) is 0. The van der Waals surface area contributed by atoms with Gasteiger partial charge in [-0.1, -0.05) is 0 Å². The van der Waals surface area contributed by atoms with Gasteiger partial charge in [0.25, 0.3) is 6.43 Å². The Labute approximate surface area is 117 Å². The summed E-state index contributed by atoms with van der Waals surface area (Å²) >= 11 is 1.22. The number of hydrogen-bond donors (Lipinski definition) is 0. The second-order valence-corrected chi connectivity index (χ2v) is 4.12. The van der Waals surface area contributed by atoms with Gasteiger partial charge in [0.15, 0.2) is 11.4 Å². The molecule has 0 aliphatic carbocycles. The molecule has 1 heterocycles. The minimum absolute atomic E-state index is 0.535. The lowest BCUT2D eigenvalue weighted by Gasteiger charge is -2.14. The van der Waals surface area contributed by atoms with E-state index in [0.29, 0.717) is 6.20 Å². The lowest BCUT2D eigenvalue weighted by atomic mass is 10.2. The third-order valence-electron chi connectivity index (χ3n) is 1.84. The standard InChI is InChI=1S/C9H5F5INO3/c1-18-8(17)6-4(7(10)11)5(15)3(2-16-6)19-9(12,13)14/h2,7H,1H3. The highest BCUT2D eigenvalue weighted by molar-refractivity contribution is 14.1. The van der Waals surface area contributed by atoms with E-state index in [1.54, 1.807) is 0 Å². The molecule has 0 saturated heterocycles. The molecule has 0 N–H and O–H groups in total. The lowest BCUT2D eigenvalue weighted by molar-refractivity contribution is -0.275. The zero-order chi connectivity index (χ0) is 14.8. The minimum atomic E-state index is -5.05. The van der Waals surface area contributed by atoms with Crippen molar-refractivity contribution in [1.29, 1.82) is 0 Å². The Bertz CT molecular complexity index is 491. The SMILES string of the molecule is COC(=O)c1ncc(OC(F)(F)F)c(I)c1C(F)F. The van der Waals surface area contributed by atoms with Crippen molar-refractivity contribution in [2.24, 2.45) is 0 Å². The van der Waals surface area contributed by atoms with Crippen LogP contribution in [-0.2, 0) is 4.74 Å². The molecule has 0 saturated carbocycles. The topological polar surface area (TPSA) is 48.4 Å². The van der Waals surface area contributed by atoms with Gasteiger partial charge in [0.05, 0.1) is 22.4 Å². The highest BCUT2D eigenvalue weighted by atomic mass is 127. The second-order valence-electron chi connectivity index (χ2n) is 3.04. The molecule has 10 heteroatoms. The van der Waals surface area contributed by atoms with Crippen LogP contribution in [0.3, 0.4) is 0 Å². The largest absolute Gasteiger partial charge is 0.573 e. The number of rotatable bonds is 3. The normalized spacial score (nSPS) is 11.6. The number of halogens is 6. The molecule has 0 aliphatic heterocycles. The fourth-order valence-corrected chi connectivity index (χ4v) is 1.88. The van der Waals surface area contributed by atoms with Crippen LogP contribution in [0.5, 0.6) is 5.75 Å². The number of pyridine rings is 1. The van der Waals surface area contributed by atoms with Gasteiger partial charge >= 0.3 is 12.3 Å². The fraction of sp³-hybridized carbons (Fsp3) is 0.333. The van der Waals surface area contributed by atoms with Crippen molar-refractivity contribution >= 4 is 28.6 Å². The van der Waals surface area contributed by atoms with E-state index in [9.17, 15) is 26.7 Å². The first-order valence-electron chi connectivity index (χ1n) is 4.48. The Kier molecular flexibility index (Phi) is 4.87. The first-order chi connectivity index (χ1) is 8.67. The molecule has 0 aromatic carbocycles. The third-order valence-corrected chi connectivity index (χ3v) is 2.95. The zero-order valence-corrected chi connectivity index (χ0v) is 11.3. The van der Waals surface area contributed by atoms with E-state index in [0.717, 1.165) is 7.11 Å². The summed E-state index contributed by atoms with van der Waals surface area (Å²) in [7, 11) is 0.937. The third kappa shape index (κ3) is 3.88. The summed E-state index contributed by atoms with van der Waals surface area (Å²) in [6, 6.07) is 0. The number of esters is 1. The first-order valence-corrected chi connectivity index (χ1v) is 5.56. The molecule has 1 aromatic heterocycles. The zero-order valence-electron chi connectivity index (χ0n) is 9.09. The number of hydrogen-bond acceptors (Lipinski definition) is 4. The van der Waals surface area contributed by atoms with E-state index >= 15 is 0 Å². The van der Waals surface area contributed by atoms with Gasteiger partial charge in [0.2, 0.25) is 0 Å². The van der Waals surface area contributed by atoms with Crippen LogP contribution in [0.4, 0.5) is 22.0 Å². The number of nitrogens with zero attached hydrogens (tertiary/aromatic N) is 1. The number of carbonyl (C=O) groups excluding carboxylic acids is 1. The number of ether oxygens (including phenoxy) is 2. The Balaban J connectivity index is 3.35. The maximum atomic E-state index is 12.8. The molecule has 1 rings (SSSR count). The van der Waals surface area contributed by atoms with Crippen LogP contribution in [0.15, 0.2) is 6.20 Å². The van der Waals surface area contributed by atoms with Crippen molar-refractivity contribution < 1.29 is 36.2 Å². The highest BCUT2D eigenvalue weighted by Crippen LogP contribution is 2.35. The Hall–Kier alpha value is -1.20. The summed E-state index contributed by atoms with van der Waals surface area (Å²) in [4.78, 5) is 14.4. The summed E-state index contributed by atoms with van der Waals surface area (Å²) < 4.78 is 69.0. The Morgan fingerprint density at radius 1 is 1.42 bits per heavy atom. The van der Waals surface area contributed by atoms with E-state index in [4.69, 9.17) is 0 Å². The van der Waals surface area contributed by atoms with Gasteiger partial charge in [-0.3, -0.25) is 0 Å². The Morgan fingerprint density at radius 3 is 2.42 bits per heavy atom. The molecule has 0 spiro atoms. The van der Waals surface area contributed by atoms with Gasteiger partial charge in [0, 0.05) is 0 Å². The van der Waals surface area contributed by atoms with Gasteiger partial charge in [-0.2, -0.15) is 0 Å². The molecule has 0 radical (unpaired) electrons. The predicted octanol–water partition coefficient (Wildman–Crippen LogP) is 3.31. The number of alkyl halides is 5. The maximum Gasteiger partial charge on any atom is 0.573 e. The van der Waals surface area contributed by atoms with Crippen LogP contribution in [0.2, 0.25) is 0 Å². The molecule has 0 bridgehead atoms. The lowest BCUT2D eigenvalue weighted by Crippen LogP contribution is -2.20. The molecule has 0 fully saturated rings. The van der Waals surface area contributed by atoms with Gasteiger partial charge < -0.3 is 9.47 Å². The summed E-state index contributed by atoms with van der Waals surface area (Å²) in [6.07, 6.45) is -7.72. The minimum Gasteiger partial charge on any atom is -0.464 e. The van der Waals surface area contributed by atoms with Crippen molar-refractivity contribution in [3.63, 3.8) is 0 Å². The average molecular weight is 397 g/mol.